The minimum Gasteiger partial charge on any atom is -0.340 e. The summed E-state index contributed by atoms with van der Waals surface area (Å²) in [4.78, 5) is 19.9. The van der Waals surface area contributed by atoms with Gasteiger partial charge in [-0.2, -0.15) is 0 Å². The third-order valence-electron chi connectivity index (χ3n) is 6.85. The first kappa shape index (κ1) is 22.3. The highest BCUT2D eigenvalue weighted by atomic mass is 19.1. The fourth-order valence-electron chi connectivity index (χ4n) is 4.87. The number of carbonyl (C=O) groups excluding carboxylic acids is 1. The molecule has 0 atom stereocenters. The smallest absolute Gasteiger partial charge is 0.281 e. The van der Waals surface area contributed by atoms with E-state index in [1.807, 2.05) is 25.1 Å². The van der Waals surface area contributed by atoms with Crippen molar-refractivity contribution in [3.8, 4) is 11.3 Å². The molecule has 0 aliphatic carbocycles. The van der Waals surface area contributed by atoms with Crippen molar-refractivity contribution in [2.45, 2.75) is 32.6 Å². The van der Waals surface area contributed by atoms with Crippen LogP contribution in [-0.4, -0.2) is 35.4 Å². The quantitative estimate of drug-likeness (QED) is 0.523. The van der Waals surface area contributed by atoms with Gasteiger partial charge in [-0.25, -0.2) is 14.7 Å². The number of fused-ring (bicyclic) bond motifs is 1. The van der Waals surface area contributed by atoms with E-state index in [0.717, 1.165) is 42.0 Å². The average molecular weight is 456 g/mol. The first-order valence-corrected chi connectivity index (χ1v) is 11.8. The molecular weight excluding hydrogens is 427 g/mol. The van der Waals surface area contributed by atoms with Crippen LogP contribution in [-0.2, 0) is 0 Å². The Morgan fingerprint density at radius 3 is 2.56 bits per heavy atom. The van der Waals surface area contributed by atoms with Crippen molar-refractivity contribution in [2.24, 2.45) is 0 Å². The molecule has 173 valence electrons. The SMILES string of the molecule is CCN1CCC(c2ccc(Nc3nc(-c4ccc(F)cc4C)cc4c3C(=O)[N]C=C4)cc2)CC1. The maximum absolute atomic E-state index is 13.7. The molecule has 3 aromatic rings. The fraction of sp³-hybridized carbons (Fsp3) is 0.286. The highest BCUT2D eigenvalue weighted by Gasteiger charge is 2.23. The number of pyridine rings is 1. The van der Waals surface area contributed by atoms with Crippen LogP contribution < -0.4 is 10.6 Å². The zero-order valence-electron chi connectivity index (χ0n) is 19.5. The Hall–Kier alpha value is -3.51. The monoisotopic (exact) mass is 455 g/mol. The Kier molecular flexibility index (Phi) is 6.16. The van der Waals surface area contributed by atoms with Gasteiger partial charge < -0.3 is 10.2 Å². The molecule has 2 aliphatic heterocycles. The second kappa shape index (κ2) is 9.39. The predicted molar refractivity (Wildman–Crippen MR) is 134 cm³/mol. The van der Waals surface area contributed by atoms with Crippen LogP contribution in [0, 0.1) is 12.7 Å². The van der Waals surface area contributed by atoms with Gasteiger partial charge in [-0.3, -0.25) is 4.79 Å². The minimum absolute atomic E-state index is 0.285. The van der Waals surface area contributed by atoms with Gasteiger partial charge in [0.2, 0.25) is 0 Å². The predicted octanol–water partition coefficient (Wildman–Crippen LogP) is 5.87. The number of hydrogen-bond acceptors (Lipinski definition) is 4. The van der Waals surface area contributed by atoms with E-state index >= 15 is 0 Å². The van der Waals surface area contributed by atoms with Crippen molar-refractivity contribution in [3.05, 3.63) is 82.8 Å². The van der Waals surface area contributed by atoms with Crippen LogP contribution in [0.25, 0.3) is 17.3 Å². The van der Waals surface area contributed by atoms with Crippen molar-refractivity contribution in [1.29, 1.82) is 0 Å². The summed E-state index contributed by atoms with van der Waals surface area (Å²) in [5.41, 5.74) is 5.69. The van der Waals surface area contributed by atoms with Crippen LogP contribution >= 0.6 is 0 Å². The second-order valence-electron chi connectivity index (χ2n) is 8.99. The molecular formula is C28H28FN4O. The number of hydrogen-bond donors (Lipinski definition) is 1. The van der Waals surface area contributed by atoms with Crippen LogP contribution in [0.1, 0.15) is 52.7 Å². The summed E-state index contributed by atoms with van der Waals surface area (Å²) in [6.45, 7) is 7.47. The third-order valence-corrected chi connectivity index (χ3v) is 6.85. The lowest BCUT2D eigenvalue weighted by Crippen LogP contribution is -2.32. The highest BCUT2D eigenvalue weighted by molar-refractivity contribution is 6.05. The van der Waals surface area contributed by atoms with E-state index in [2.05, 4.69) is 34.6 Å². The molecule has 34 heavy (non-hydrogen) atoms. The van der Waals surface area contributed by atoms with Gasteiger partial charge >= 0.3 is 0 Å². The van der Waals surface area contributed by atoms with Crippen molar-refractivity contribution >= 4 is 23.5 Å². The number of piperidine rings is 1. The summed E-state index contributed by atoms with van der Waals surface area (Å²) < 4.78 is 13.7. The van der Waals surface area contributed by atoms with Crippen LogP contribution in [0.2, 0.25) is 0 Å². The molecule has 6 heteroatoms. The summed E-state index contributed by atoms with van der Waals surface area (Å²) in [6.07, 6.45) is 5.67. The van der Waals surface area contributed by atoms with E-state index in [4.69, 9.17) is 4.98 Å². The number of nitrogens with one attached hydrogen (secondary N) is 1. The number of halogens is 1. The molecule has 0 saturated carbocycles. The largest absolute Gasteiger partial charge is 0.340 e. The van der Waals surface area contributed by atoms with Crippen molar-refractivity contribution < 1.29 is 9.18 Å². The van der Waals surface area contributed by atoms with Gasteiger partial charge in [0.05, 0.1) is 11.3 Å². The topological polar surface area (TPSA) is 59.3 Å². The number of nitrogens with zero attached hydrogens (tertiary/aromatic N) is 3. The van der Waals surface area contributed by atoms with E-state index in [1.165, 1.54) is 36.7 Å². The van der Waals surface area contributed by atoms with Crippen LogP contribution in [0.3, 0.4) is 0 Å². The van der Waals surface area contributed by atoms with Gasteiger partial charge in [-0.15, -0.1) is 0 Å². The maximum atomic E-state index is 13.7. The number of likely N-dealkylation sites (tertiary alicyclic amines) is 1. The summed E-state index contributed by atoms with van der Waals surface area (Å²) in [7, 11) is 0. The van der Waals surface area contributed by atoms with Crippen molar-refractivity contribution in [2.75, 3.05) is 25.0 Å². The van der Waals surface area contributed by atoms with Gasteiger partial charge in [0, 0.05) is 17.5 Å². The summed E-state index contributed by atoms with van der Waals surface area (Å²) in [5, 5.41) is 7.28. The molecule has 0 bridgehead atoms. The number of rotatable bonds is 5. The van der Waals surface area contributed by atoms with Crippen molar-refractivity contribution in [3.63, 3.8) is 0 Å². The van der Waals surface area contributed by atoms with Gasteiger partial charge in [0.1, 0.15) is 11.6 Å². The normalized spacial score (nSPS) is 16.3. The lowest BCUT2D eigenvalue weighted by atomic mass is 9.89. The van der Waals surface area contributed by atoms with E-state index < -0.39 is 0 Å². The number of benzene rings is 2. The highest BCUT2D eigenvalue weighted by Crippen LogP contribution is 2.33. The molecule has 1 saturated heterocycles. The van der Waals surface area contributed by atoms with Crippen molar-refractivity contribution in [1.82, 2.24) is 15.2 Å². The average Bonchev–Trinajstić information content (AvgIpc) is 2.84. The molecule has 3 heterocycles. The van der Waals surface area contributed by atoms with Crippen LogP contribution in [0.15, 0.2) is 54.7 Å². The molecule has 2 aromatic carbocycles. The Balaban J connectivity index is 1.45. The van der Waals surface area contributed by atoms with Gasteiger partial charge in [0.25, 0.3) is 5.91 Å². The number of carbonyl (C=O) groups is 1. The molecule has 5 nitrogen and oxygen atoms in total. The van der Waals surface area contributed by atoms with Gasteiger partial charge in [-0.1, -0.05) is 19.1 Å². The number of amides is 1. The van der Waals surface area contributed by atoms with E-state index in [0.29, 0.717) is 23.0 Å². The minimum atomic E-state index is -0.325. The Labute approximate surface area is 199 Å². The van der Waals surface area contributed by atoms with Gasteiger partial charge in [0.15, 0.2) is 0 Å². The molecule has 1 radical (unpaired) electrons. The first-order valence-electron chi connectivity index (χ1n) is 11.8. The number of aryl methyl sites for hydroxylation is 1. The lowest BCUT2D eigenvalue weighted by Gasteiger charge is -2.31. The zero-order chi connectivity index (χ0) is 23.7. The molecule has 5 rings (SSSR count). The van der Waals surface area contributed by atoms with Crippen LogP contribution in [0.5, 0.6) is 0 Å². The third kappa shape index (κ3) is 4.46. The lowest BCUT2D eigenvalue weighted by molar-refractivity contribution is 0.0965. The van der Waals surface area contributed by atoms with E-state index in [1.54, 1.807) is 12.1 Å². The standard InChI is InChI=1S/C28H28FN4O/c1-3-33-14-11-20(12-15-33)19-4-7-23(8-5-19)31-27-26-21(10-13-30-28(26)34)17-25(32-27)24-9-6-22(29)16-18(24)2/h4-10,13,16-17,20H,3,11-12,14-15H2,1-2H3,(H,31,32). The number of aromatic nitrogens is 1. The fourth-order valence-corrected chi connectivity index (χ4v) is 4.87. The Bertz CT molecular complexity index is 1240. The molecule has 2 aliphatic rings. The molecule has 1 aromatic heterocycles. The Morgan fingerprint density at radius 1 is 1.09 bits per heavy atom. The van der Waals surface area contributed by atoms with Crippen LogP contribution in [0.4, 0.5) is 15.9 Å². The molecule has 1 N–H and O–H groups in total. The Morgan fingerprint density at radius 2 is 1.85 bits per heavy atom. The summed E-state index contributed by atoms with van der Waals surface area (Å²) >= 11 is 0. The first-order chi connectivity index (χ1) is 16.5. The van der Waals surface area contributed by atoms with E-state index in [-0.39, 0.29) is 11.7 Å². The summed E-state index contributed by atoms with van der Waals surface area (Å²) in [5.74, 6) is 0.428. The second-order valence-corrected chi connectivity index (χ2v) is 8.99. The molecule has 0 unspecified atom stereocenters. The van der Waals surface area contributed by atoms with Gasteiger partial charge in [-0.05, 0) is 104 Å². The maximum Gasteiger partial charge on any atom is 0.281 e. The van der Waals surface area contributed by atoms with E-state index in [9.17, 15) is 9.18 Å². The summed E-state index contributed by atoms with van der Waals surface area (Å²) in [6, 6.07) is 14.9. The molecule has 1 amide bonds. The molecule has 1 fully saturated rings. The molecule has 0 spiro atoms. The zero-order valence-corrected chi connectivity index (χ0v) is 19.5. The number of anilines is 2.